The number of amides is 2. The van der Waals surface area contributed by atoms with Gasteiger partial charge in [-0.25, -0.2) is 4.79 Å². The molecule has 2 amide bonds. The molecule has 1 saturated heterocycles. The first-order chi connectivity index (χ1) is 8.77. The van der Waals surface area contributed by atoms with Crippen LogP contribution in [-0.2, 0) is 4.79 Å². The average molecular weight is 271 g/mol. The monoisotopic (exact) mass is 271 g/mol. The van der Waals surface area contributed by atoms with Gasteiger partial charge in [-0.05, 0) is 20.3 Å². The van der Waals surface area contributed by atoms with Gasteiger partial charge in [-0.15, -0.1) is 0 Å². The van der Waals surface area contributed by atoms with Crippen LogP contribution in [0.25, 0.3) is 0 Å². The lowest BCUT2D eigenvalue weighted by molar-refractivity contribution is -0.138. The summed E-state index contributed by atoms with van der Waals surface area (Å²) >= 11 is 0. The summed E-state index contributed by atoms with van der Waals surface area (Å²) in [5, 5.41) is 8.74. The van der Waals surface area contributed by atoms with Crippen molar-refractivity contribution in [2.45, 2.75) is 32.7 Å². The van der Waals surface area contributed by atoms with Crippen LogP contribution in [-0.4, -0.2) is 77.1 Å². The molecule has 0 aromatic carbocycles. The molecule has 6 nitrogen and oxygen atoms in total. The smallest absolute Gasteiger partial charge is 0.320 e. The van der Waals surface area contributed by atoms with E-state index < -0.39 is 5.97 Å². The highest BCUT2D eigenvalue weighted by atomic mass is 16.4. The quantitative estimate of drug-likeness (QED) is 0.826. The molecule has 110 valence electrons. The number of nitrogens with zero attached hydrogens (tertiary/aromatic N) is 3. The zero-order valence-corrected chi connectivity index (χ0v) is 12.3. The number of carboxylic acid groups (broad SMARTS) is 1. The van der Waals surface area contributed by atoms with E-state index in [0.717, 1.165) is 6.42 Å². The molecular formula is C13H25N3O3. The van der Waals surface area contributed by atoms with Crippen molar-refractivity contribution in [3.8, 4) is 0 Å². The van der Waals surface area contributed by atoms with E-state index in [1.165, 1.54) is 0 Å². The first kappa shape index (κ1) is 15.8. The Labute approximate surface area is 115 Å². The zero-order valence-electron chi connectivity index (χ0n) is 12.3. The SMILES string of the molecule is CCC(C)(C)N(C)C(=O)N1CCN(CC(=O)O)CC1. The van der Waals surface area contributed by atoms with Gasteiger partial charge in [0, 0.05) is 38.8 Å². The van der Waals surface area contributed by atoms with E-state index in [2.05, 4.69) is 6.92 Å². The Balaban J connectivity index is 2.51. The second kappa shape index (κ2) is 6.23. The molecular weight excluding hydrogens is 246 g/mol. The number of carboxylic acids is 1. The van der Waals surface area contributed by atoms with Crippen LogP contribution < -0.4 is 0 Å². The average Bonchev–Trinajstić information content (AvgIpc) is 2.37. The van der Waals surface area contributed by atoms with Gasteiger partial charge in [-0.1, -0.05) is 6.92 Å². The molecule has 0 radical (unpaired) electrons. The maximum atomic E-state index is 12.3. The summed E-state index contributed by atoms with van der Waals surface area (Å²) < 4.78 is 0. The third-order valence-corrected chi connectivity index (χ3v) is 4.06. The molecule has 0 aromatic heterocycles. The standard InChI is InChI=1S/C13H25N3O3/c1-5-13(2,3)14(4)12(19)16-8-6-15(7-9-16)10-11(17)18/h5-10H2,1-4H3,(H,17,18). The first-order valence-corrected chi connectivity index (χ1v) is 6.75. The molecule has 19 heavy (non-hydrogen) atoms. The van der Waals surface area contributed by atoms with Gasteiger partial charge in [0.15, 0.2) is 0 Å². The predicted molar refractivity (Wildman–Crippen MR) is 73.2 cm³/mol. The summed E-state index contributed by atoms with van der Waals surface area (Å²) in [5.41, 5.74) is -0.157. The van der Waals surface area contributed by atoms with Gasteiger partial charge in [-0.2, -0.15) is 0 Å². The lowest BCUT2D eigenvalue weighted by atomic mass is 10.0. The molecule has 1 heterocycles. The fourth-order valence-electron chi connectivity index (χ4n) is 2.00. The maximum Gasteiger partial charge on any atom is 0.320 e. The van der Waals surface area contributed by atoms with Crippen LogP contribution in [0.1, 0.15) is 27.2 Å². The normalized spacial score (nSPS) is 17.4. The number of carbonyl (C=O) groups is 2. The molecule has 0 saturated carbocycles. The highest BCUT2D eigenvalue weighted by Crippen LogP contribution is 2.18. The van der Waals surface area contributed by atoms with Gasteiger partial charge in [-0.3, -0.25) is 9.69 Å². The largest absolute Gasteiger partial charge is 0.480 e. The highest BCUT2D eigenvalue weighted by Gasteiger charge is 2.31. The Hall–Kier alpha value is -1.30. The van der Waals surface area contributed by atoms with Crippen LogP contribution in [0.15, 0.2) is 0 Å². The summed E-state index contributed by atoms with van der Waals surface area (Å²) in [4.78, 5) is 28.4. The number of urea groups is 1. The number of rotatable bonds is 4. The summed E-state index contributed by atoms with van der Waals surface area (Å²) in [6, 6.07) is 0.0295. The van der Waals surface area contributed by atoms with Crippen molar-refractivity contribution >= 4 is 12.0 Å². The first-order valence-electron chi connectivity index (χ1n) is 6.75. The van der Waals surface area contributed by atoms with E-state index in [0.29, 0.717) is 26.2 Å². The van der Waals surface area contributed by atoms with Crippen molar-refractivity contribution in [3.05, 3.63) is 0 Å². The predicted octanol–water partition coefficient (Wildman–Crippen LogP) is 0.929. The molecule has 0 unspecified atom stereocenters. The van der Waals surface area contributed by atoms with Gasteiger partial charge >= 0.3 is 12.0 Å². The number of hydrogen-bond donors (Lipinski definition) is 1. The van der Waals surface area contributed by atoms with Gasteiger partial charge in [0.25, 0.3) is 0 Å². The number of hydrogen-bond acceptors (Lipinski definition) is 3. The van der Waals surface area contributed by atoms with Crippen molar-refractivity contribution in [1.82, 2.24) is 14.7 Å². The fourth-order valence-corrected chi connectivity index (χ4v) is 2.00. The molecule has 1 fully saturated rings. The molecule has 1 aliphatic heterocycles. The highest BCUT2D eigenvalue weighted by molar-refractivity contribution is 5.75. The molecule has 0 bridgehead atoms. The van der Waals surface area contributed by atoms with Gasteiger partial charge in [0.1, 0.15) is 0 Å². The van der Waals surface area contributed by atoms with Crippen molar-refractivity contribution in [2.75, 3.05) is 39.8 Å². The summed E-state index contributed by atoms with van der Waals surface area (Å²) in [6.07, 6.45) is 0.897. The van der Waals surface area contributed by atoms with Crippen LogP contribution in [0.2, 0.25) is 0 Å². The minimum atomic E-state index is -0.816. The molecule has 0 aromatic rings. The van der Waals surface area contributed by atoms with Gasteiger partial charge in [0.05, 0.1) is 6.54 Å². The van der Waals surface area contributed by atoms with Crippen LogP contribution in [0, 0.1) is 0 Å². The number of piperazine rings is 1. The topological polar surface area (TPSA) is 64.1 Å². The van der Waals surface area contributed by atoms with Crippen LogP contribution >= 0.6 is 0 Å². The molecule has 0 aliphatic carbocycles. The second-order valence-electron chi connectivity index (χ2n) is 5.66. The maximum absolute atomic E-state index is 12.3. The minimum Gasteiger partial charge on any atom is -0.480 e. The summed E-state index contributed by atoms with van der Waals surface area (Å²) in [6.45, 7) is 8.65. The van der Waals surface area contributed by atoms with Crippen LogP contribution in [0.3, 0.4) is 0 Å². The van der Waals surface area contributed by atoms with Crippen LogP contribution in [0.4, 0.5) is 4.79 Å². The Morgan fingerprint density at radius 3 is 2.16 bits per heavy atom. The molecule has 1 N–H and O–H groups in total. The molecule has 6 heteroatoms. The summed E-state index contributed by atoms with van der Waals surface area (Å²) in [7, 11) is 1.83. The minimum absolute atomic E-state index is 0.0295. The lowest BCUT2D eigenvalue weighted by Crippen LogP contribution is -2.56. The fraction of sp³-hybridized carbons (Fsp3) is 0.846. The molecule has 1 aliphatic rings. The zero-order chi connectivity index (χ0) is 14.6. The van der Waals surface area contributed by atoms with Crippen molar-refractivity contribution in [1.29, 1.82) is 0 Å². The molecule has 0 atom stereocenters. The van der Waals surface area contributed by atoms with Crippen molar-refractivity contribution < 1.29 is 14.7 Å². The Bertz CT molecular complexity index is 336. The van der Waals surface area contributed by atoms with E-state index in [1.54, 1.807) is 9.80 Å². The molecule has 0 spiro atoms. The van der Waals surface area contributed by atoms with E-state index in [-0.39, 0.29) is 18.1 Å². The molecule has 1 rings (SSSR count). The van der Waals surface area contributed by atoms with Crippen molar-refractivity contribution in [2.24, 2.45) is 0 Å². The van der Waals surface area contributed by atoms with Gasteiger partial charge < -0.3 is 14.9 Å². The third kappa shape index (κ3) is 4.09. The van der Waals surface area contributed by atoms with E-state index in [4.69, 9.17) is 5.11 Å². The second-order valence-corrected chi connectivity index (χ2v) is 5.66. The lowest BCUT2D eigenvalue weighted by Gasteiger charge is -2.41. The Morgan fingerprint density at radius 1 is 1.21 bits per heavy atom. The van der Waals surface area contributed by atoms with Gasteiger partial charge in [0.2, 0.25) is 0 Å². The Morgan fingerprint density at radius 2 is 1.74 bits per heavy atom. The van der Waals surface area contributed by atoms with E-state index >= 15 is 0 Å². The number of aliphatic carboxylic acids is 1. The van der Waals surface area contributed by atoms with E-state index in [9.17, 15) is 9.59 Å². The summed E-state index contributed by atoms with van der Waals surface area (Å²) in [5.74, 6) is -0.816. The Kier molecular flexibility index (Phi) is 5.17. The number of carbonyl (C=O) groups excluding carboxylic acids is 1. The van der Waals surface area contributed by atoms with Crippen molar-refractivity contribution in [3.63, 3.8) is 0 Å². The van der Waals surface area contributed by atoms with Crippen LogP contribution in [0.5, 0.6) is 0 Å². The van der Waals surface area contributed by atoms with E-state index in [1.807, 2.05) is 25.8 Å². The third-order valence-electron chi connectivity index (χ3n) is 4.06.